The number of hydrogen-bond acceptors (Lipinski definition) is 2. The van der Waals surface area contributed by atoms with Gasteiger partial charge in [-0.1, -0.05) is 0 Å². The Morgan fingerprint density at radius 3 is 2.94 bits per heavy atom. The van der Waals surface area contributed by atoms with Crippen molar-refractivity contribution in [1.29, 1.82) is 0 Å². The third-order valence-electron chi connectivity index (χ3n) is 2.82. The molecule has 1 amide bonds. The predicted octanol–water partition coefficient (Wildman–Crippen LogP) is 2.09. The molecular formula is C12H15FN2O. The highest BCUT2D eigenvalue weighted by molar-refractivity contribution is 5.94. The van der Waals surface area contributed by atoms with Crippen molar-refractivity contribution in [2.45, 2.75) is 19.8 Å². The number of rotatable bonds is 4. The molecule has 0 unspecified atom stereocenters. The number of aromatic nitrogens is 1. The molecule has 1 aromatic heterocycles. The molecule has 1 aromatic rings. The Kier molecular flexibility index (Phi) is 3.17. The Morgan fingerprint density at radius 2 is 2.38 bits per heavy atom. The standard InChI is InChI=1S/C12H15FN2O/c1-2-15(8-9-3-4-9)12(16)10-5-6-14-11(13)7-10/h5-7,9H,2-4,8H2,1H3. The van der Waals surface area contributed by atoms with Crippen LogP contribution in [0, 0.1) is 11.9 Å². The van der Waals surface area contributed by atoms with Gasteiger partial charge in [0, 0.05) is 30.9 Å². The lowest BCUT2D eigenvalue weighted by molar-refractivity contribution is 0.0756. The molecular weight excluding hydrogens is 207 g/mol. The molecule has 16 heavy (non-hydrogen) atoms. The summed E-state index contributed by atoms with van der Waals surface area (Å²) in [6.45, 7) is 3.40. The summed E-state index contributed by atoms with van der Waals surface area (Å²) in [5.74, 6) is -0.0559. The zero-order valence-corrected chi connectivity index (χ0v) is 9.32. The van der Waals surface area contributed by atoms with Crippen LogP contribution in [0.3, 0.4) is 0 Å². The SMILES string of the molecule is CCN(CC1CC1)C(=O)c1ccnc(F)c1. The number of carbonyl (C=O) groups is 1. The lowest BCUT2D eigenvalue weighted by atomic mass is 10.2. The maximum atomic E-state index is 12.9. The van der Waals surface area contributed by atoms with E-state index >= 15 is 0 Å². The number of pyridine rings is 1. The summed E-state index contributed by atoms with van der Waals surface area (Å²) < 4.78 is 12.9. The molecule has 1 aliphatic carbocycles. The van der Waals surface area contributed by atoms with E-state index < -0.39 is 5.95 Å². The van der Waals surface area contributed by atoms with Crippen LogP contribution < -0.4 is 0 Å². The zero-order valence-electron chi connectivity index (χ0n) is 9.32. The highest BCUT2D eigenvalue weighted by Crippen LogP contribution is 2.30. The van der Waals surface area contributed by atoms with Crippen molar-refractivity contribution in [3.63, 3.8) is 0 Å². The van der Waals surface area contributed by atoms with Crippen molar-refractivity contribution in [3.8, 4) is 0 Å². The Balaban J connectivity index is 2.09. The van der Waals surface area contributed by atoms with E-state index in [0.717, 1.165) is 6.54 Å². The lowest BCUT2D eigenvalue weighted by Gasteiger charge is -2.20. The Bertz CT molecular complexity index is 390. The van der Waals surface area contributed by atoms with Gasteiger partial charge in [-0.2, -0.15) is 4.39 Å². The first kappa shape index (κ1) is 11.0. The van der Waals surface area contributed by atoms with E-state index in [2.05, 4.69) is 4.98 Å². The van der Waals surface area contributed by atoms with Crippen LogP contribution in [0.25, 0.3) is 0 Å². The second kappa shape index (κ2) is 4.60. The zero-order chi connectivity index (χ0) is 11.5. The van der Waals surface area contributed by atoms with Crippen LogP contribution in [0.5, 0.6) is 0 Å². The molecule has 0 atom stereocenters. The number of carbonyl (C=O) groups excluding carboxylic acids is 1. The van der Waals surface area contributed by atoms with Crippen LogP contribution in [-0.4, -0.2) is 28.9 Å². The third kappa shape index (κ3) is 2.56. The first-order valence-electron chi connectivity index (χ1n) is 5.61. The molecule has 4 heteroatoms. The molecule has 0 spiro atoms. The molecule has 0 bridgehead atoms. The van der Waals surface area contributed by atoms with Gasteiger partial charge < -0.3 is 4.90 Å². The molecule has 1 saturated carbocycles. The summed E-state index contributed by atoms with van der Waals surface area (Å²) in [6, 6.07) is 2.75. The van der Waals surface area contributed by atoms with Crippen LogP contribution in [0.4, 0.5) is 4.39 Å². The summed E-state index contributed by atoms with van der Waals surface area (Å²) in [5, 5.41) is 0. The van der Waals surface area contributed by atoms with Gasteiger partial charge in [0.2, 0.25) is 5.95 Å². The smallest absolute Gasteiger partial charge is 0.254 e. The van der Waals surface area contributed by atoms with Crippen molar-refractivity contribution >= 4 is 5.91 Å². The van der Waals surface area contributed by atoms with E-state index in [0.29, 0.717) is 18.0 Å². The van der Waals surface area contributed by atoms with E-state index in [1.807, 2.05) is 6.92 Å². The van der Waals surface area contributed by atoms with Crippen molar-refractivity contribution in [3.05, 3.63) is 29.8 Å². The van der Waals surface area contributed by atoms with E-state index in [1.165, 1.54) is 25.1 Å². The first-order chi connectivity index (χ1) is 7.70. The molecule has 2 rings (SSSR count). The number of halogens is 1. The summed E-state index contributed by atoms with van der Waals surface area (Å²) in [6.07, 6.45) is 3.73. The predicted molar refractivity (Wildman–Crippen MR) is 58.5 cm³/mol. The molecule has 0 aromatic carbocycles. The van der Waals surface area contributed by atoms with Crippen molar-refractivity contribution < 1.29 is 9.18 Å². The summed E-state index contributed by atoms with van der Waals surface area (Å²) >= 11 is 0. The van der Waals surface area contributed by atoms with Crippen molar-refractivity contribution in [2.75, 3.05) is 13.1 Å². The fourth-order valence-corrected chi connectivity index (χ4v) is 1.69. The monoisotopic (exact) mass is 222 g/mol. The Labute approximate surface area is 94.3 Å². The maximum absolute atomic E-state index is 12.9. The molecule has 1 aliphatic rings. The third-order valence-corrected chi connectivity index (χ3v) is 2.82. The van der Waals surface area contributed by atoms with E-state index in [9.17, 15) is 9.18 Å². The quantitative estimate of drug-likeness (QED) is 0.731. The minimum absolute atomic E-state index is 0.101. The summed E-state index contributed by atoms with van der Waals surface area (Å²) in [7, 11) is 0. The summed E-state index contributed by atoms with van der Waals surface area (Å²) in [4.78, 5) is 17.2. The highest BCUT2D eigenvalue weighted by atomic mass is 19.1. The van der Waals surface area contributed by atoms with Crippen LogP contribution >= 0.6 is 0 Å². The lowest BCUT2D eigenvalue weighted by Crippen LogP contribution is -2.32. The van der Waals surface area contributed by atoms with Gasteiger partial charge in [0.15, 0.2) is 0 Å². The molecule has 1 fully saturated rings. The van der Waals surface area contributed by atoms with E-state index in [-0.39, 0.29) is 5.91 Å². The van der Waals surface area contributed by atoms with Crippen LogP contribution in [0.1, 0.15) is 30.1 Å². The second-order valence-corrected chi connectivity index (χ2v) is 4.15. The van der Waals surface area contributed by atoms with Gasteiger partial charge in [-0.15, -0.1) is 0 Å². The molecule has 0 saturated heterocycles. The minimum Gasteiger partial charge on any atom is -0.339 e. The average molecular weight is 222 g/mol. The van der Waals surface area contributed by atoms with Gasteiger partial charge in [-0.05, 0) is 31.7 Å². The Hall–Kier alpha value is -1.45. The van der Waals surface area contributed by atoms with Gasteiger partial charge in [0.1, 0.15) is 0 Å². The van der Waals surface area contributed by atoms with Gasteiger partial charge in [0.05, 0.1) is 0 Å². The maximum Gasteiger partial charge on any atom is 0.254 e. The number of amides is 1. The fourth-order valence-electron chi connectivity index (χ4n) is 1.69. The molecule has 0 aliphatic heterocycles. The van der Waals surface area contributed by atoms with Gasteiger partial charge in [-0.3, -0.25) is 4.79 Å². The van der Waals surface area contributed by atoms with Crippen molar-refractivity contribution in [2.24, 2.45) is 5.92 Å². The Morgan fingerprint density at radius 1 is 1.62 bits per heavy atom. The highest BCUT2D eigenvalue weighted by Gasteiger charge is 2.26. The van der Waals surface area contributed by atoms with Crippen LogP contribution in [-0.2, 0) is 0 Å². The number of nitrogens with zero attached hydrogens (tertiary/aromatic N) is 2. The van der Waals surface area contributed by atoms with Crippen LogP contribution in [0.2, 0.25) is 0 Å². The fraction of sp³-hybridized carbons (Fsp3) is 0.500. The molecule has 0 N–H and O–H groups in total. The van der Waals surface area contributed by atoms with E-state index in [4.69, 9.17) is 0 Å². The van der Waals surface area contributed by atoms with Gasteiger partial charge in [-0.25, -0.2) is 4.98 Å². The molecule has 86 valence electrons. The number of hydrogen-bond donors (Lipinski definition) is 0. The molecule has 0 radical (unpaired) electrons. The largest absolute Gasteiger partial charge is 0.339 e. The minimum atomic E-state index is -0.603. The molecule has 3 nitrogen and oxygen atoms in total. The van der Waals surface area contributed by atoms with Crippen molar-refractivity contribution in [1.82, 2.24) is 9.88 Å². The molecule has 1 heterocycles. The van der Waals surface area contributed by atoms with E-state index in [1.54, 1.807) is 11.0 Å². The van der Waals surface area contributed by atoms with Gasteiger partial charge in [0.25, 0.3) is 5.91 Å². The summed E-state index contributed by atoms with van der Waals surface area (Å²) in [5.41, 5.74) is 0.384. The first-order valence-corrected chi connectivity index (χ1v) is 5.61. The average Bonchev–Trinajstić information content (AvgIpc) is 3.09. The van der Waals surface area contributed by atoms with Crippen LogP contribution in [0.15, 0.2) is 18.3 Å². The van der Waals surface area contributed by atoms with Gasteiger partial charge >= 0.3 is 0 Å². The topological polar surface area (TPSA) is 33.2 Å². The second-order valence-electron chi connectivity index (χ2n) is 4.15. The normalized spacial score (nSPS) is 14.9.